The predicted octanol–water partition coefficient (Wildman–Crippen LogP) is 3.21. The van der Waals surface area contributed by atoms with Crippen molar-refractivity contribution in [3.05, 3.63) is 64.1 Å². The number of carbonyl (C=O) groups is 1. The van der Waals surface area contributed by atoms with Gasteiger partial charge in [-0.2, -0.15) is 0 Å². The fourth-order valence-corrected chi connectivity index (χ4v) is 4.52. The highest BCUT2D eigenvalue weighted by Crippen LogP contribution is 2.35. The minimum atomic E-state index is 0.0804. The molecular weight excluding hydrogens is 352 g/mol. The molecule has 1 aromatic heterocycles. The lowest BCUT2D eigenvalue weighted by molar-refractivity contribution is -0.133. The molecule has 5 heteroatoms. The van der Waals surface area contributed by atoms with E-state index in [-0.39, 0.29) is 23.5 Å². The van der Waals surface area contributed by atoms with E-state index >= 15 is 0 Å². The Labute approximate surface area is 165 Å². The number of aromatic nitrogens is 1. The molecule has 2 bridgehead atoms. The highest BCUT2D eigenvalue weighted by atomic mass is 16.5. The van der Waals surface area contributed by atoms with Gasteiger partial charge in [-0.15, -0.1) is 0 Å². The topological polar surface area (TPSA) is 51.5 Å². The average molecular weight is 380 g/mol. The lowest BCUT2D eigenvalue weighted by atomic mass is 9.83. The Morgan fingerprint density at radius 3 is 2.64 bits per heavy atom. The molecule has 1 saturated heterocycles. The first-order chi connectivity index (χ1) is 13.5. The van der Waals surface area contributed by atoms with Gasteiger partial charge in [0.25, 0.3) is 5.56 Å². The third kappa shape index (κ3) is 3.98. The van der Waals surface area contributed by atoms with Crippen LogP contribution < -0.4 is 10.3 Å². The van der Waals surface area contributed by atoms with Gasteiger partial charge in [-0.05, 0) is 56.4 Å². The summed E-state index contributed by atoms with van der Waals surface area (Å²) in [6.07, 6.45) is 2.49. The monoisotopic (exact) mass is 380 g/mol. The molecule has 1 aromatic carbocycles. The van der Waals surface area contributed by atoms with E-state index in [1.54, 1.807) is 6.07 Å². The summed E-state index contributed by atoms with van der Waals surface area (Å²) in [6, 6.07) is 13.5. The number of ether oxygens (including phenoxy) is 1. The number of benzene rings is 1. The molecule has 28 heavy (non-hydrogen) atoms. The Morgan fingerprint density at radius 2 is 1.89 bits per heavy atom. The van der Waals surface area contributed by atoms with Crippen LogP contribution in [0.4, 0.5) is 0 Å². The van der Waals surface area contributed by atoms with Crippen molar-refractivity contribution in [2.24, 2.45) is 5.92 Å². The van der Waals surface area contributed by atoms with Crippen LogP contribution in [0.1, 0.15) is 43.9 Å². The minimum absolute atomic E-state index is 0.0804. The van der Waals surface area contributed by atoms with Crippen LogP contribution in [0.15, 0.2) is 47.3 Å². The number of hydrogen-bond acceptors (Lipinski definition) is 3. The maximum absolute atomic E-state index is 12.8. The van der Waals surface area contributed by atoms with Crippen molar-refractivity contribution in [3.8, 4) is 5.75 Å². The van der Waals surface area contributed by atoms with Crippen LogP contribution >= 0.6 is 0 Å². The molecule has 1 fully saturated rings. The Morgan fingerprint density at radius 1 is 1.11 bits per heavy atom. The first-order valence-corrected chi connectivity index (χ1v) is 10.2. The fourth-order valence-electron chi connectivity index (χ4n) is 4.52. The van der Waals surface area contributed by atoms with E-state index in [1.807, 2.05) is 59.7 Å². The van der Waals surface area contributed by atoms with Gasteiger partial charge in [0.2, 0.25) is 5.91 Å². The highest BCUT2D eigenvalue weighted by molar-refractivity contribution is 5.76. The number of pyridine rings is 1. The van der Waals surface area contributed by atoms with Crippen molar-refractivity contribution in [1.82, 2.24) is 9.47 Å². The molecule has 0 spiro atoms. The van der Waals surface area contributed by atoms with E-state index in [9.17, 15) is 9.59 Å². The van der Waals surface area contributed by atoms with Crippen LogP contribution in [0.3, 0.4) is 0 Å². The smallest absolute Gasteiger partial charge is 0.250 e. The summed E-state index contributed by atoms with van der Waals surface area (Å²) in [4.78, 5) is 27.0. The van der Waals surface area contributed by atoms with Crippen molar-refractivity contribution in [2.45, 2.75) is 51.7 Å². The molecule has 0 radical (unpaired) electrons. The minimum Gasteiger partial charge on any atom is -0.491 e. The summed E-state index contributed by atoms with van der Waals surface area (Å²) in [5, 5.41) is 0. The first kappa shape index (κ1) is 18.8. The number of hydrogen-bond donors (Lipinski definition) is 0. The van der Waals surface area contributed by atoms with E-state index in [4.69, 9.17) is 4.74 Å². The number of amides is 1. The van der Waals surface area contributed by atoms with Gasteiger partial charge in [-0.25, -0.2) is 0 Å². The Kier molecular flexibility index (Phi) is 5.25. The highest BCUT2D eigenvalue weighted by Gasteiger charge is 2.35. The average Bonchev–Trinajstić information content (AvgIpc) is 2.67. The summed E-state index contributed by atoms with van der Waals surface area (Å²) in [5.74, 6) is 1.73. The predicted molar refractivity (Wildman–Crippen MR) is 109 cm³/mol. The Hall–Kier alpha value is -2.56. The van der Waals surface area contributed by atoms with Gasteiger partial charge in [-0.1, -0.05) is 18.2 Å². The normalized spacial score (nSPS) is 20.8. The number of nitrogens with zero attached hydrogens (tertiary/aromatic N) is 2. The lowest BCUT2D eigenvalue weighted by Gasteiger charge is -2.42. The third-order valence-electron chi connectivity index (χ3n) is 5.76. The molecular formula is C23H28N2O3. The molecule has 0 unspecified atom stereocenters. The molecule has 2 aromatic rings. The molecule has 2 atom stereocenters. The summed E-state index contributed by atoms with van der Waals surface area (Å²) in [7, 11) is 0. The number of likely N-dealkylation sites (tertiary alicyclic amines) is 1. The third-order valence-corrected chi connectivity index (χ3v) is 5.76. The van der Waals surface area contributed by atoms with E-state index in [0.717, 1.165) is 49.5 Å². The van der Waals surface area contributed by atoms with E-state index in [1.165, 1.54) is 0 Å². The summed E-state index contributed by atoms with van der Waals surface area (Å²) in [6.45, 7) is 6.23. The van der Waals surface area contributed by atoms with E-state index < -0.39 is 0 Å². The van der Waals surface area contributed by atoms with Gasteiger partial charge in [-0.3, -0.25) is 9.59 Å². The zero-order chi connectivity index (χ0) is 19.7. The maximum atomic E-state index is 12.8. The number of fused-ring (bicyclic) bond motifs is 4. The van der Waals surface area contributed by atoms with Gasteiger partial charge in [0.1, 0.15) is 5.75 Å². The van der Waals surface area contributed by atoms with Crippen molar-refractivity contribution in [3.63, 3.8) is 0 Å². The largest absolute Gasteiger partial charge is 0.491 e. The zero-order valence-electron chi connectivity index (χ0n) is 16.6. The summed E-state index contributed by atoms with van der Waals surface area (Å²) >= 11 is 0. The summed E-state index contributed by atoms with van der Waals surface area (Å²) < 4.78 is 7.57. The Balaban J connectivity index is 1.37. The van der Waals surface area contributed by atoms with Crippen LogP contribution in [0.5, 0.6) is 5.75 Å². The molecule has 1 amide bonds. The van der Waals surface area contributed by atoms with Crippen LogP contribution in [-0.4, -0.2) is 34.6 Å². The molecule has 2 aliphatic heterocycles. The number of rotatable bonds is 5. The van der Waals surface area contributed by atoms with Crippen molar-refractivity contribution in [2.75, 3.05) is 13.1 Å². The van der Waals surface area contributed by atoms with Crippen molar-refractivity contribution < 1.29 is 9.53 Å². The number of piperidine rings is 1. The summed E-state index contributed by atoms with van der Waals surface area (Å²) in [5.41, 5.74) is 2.32. The van der Waals surface area contributed by atoms with Crippen LogP contribution in [0.2, 0.25) is 0 Å². The second kappa shape index (κ2) is 7.82. The zero-order valence-corrected chi connectivity index (χ0v) is 16.6. The van der Waals surface area contributed by atoms with Gasteiger partial charge in [0.15, 0.2) is 0 Å². The molecule has 148 valence electrons. The molecule has 0 aliphatic carbocycles. The van der Waals surface area contributed by atoms with Gasteiger partial charge in [0.05, 0.1) is 6.10 Å². The standard InChI is InChI=1S/C23H28N2O3/c1-16(2)28-20-9-6-17(7-10-20)8-11-22(26)24-13-18-12-19(15-24)21-4-3-5-23(27)25(21)14-18/h3-7,9-10,16,18-19H,8,11-15H2,1-2H3/t18-,19+/m0/s1. The maximum Gasteiger partial charge on any atom is 0.250 e. The fraction of sp³-hybridized carbons (Fsp3) is 0.478. The molecule has 0 N–H and O–H groups in total. The van der Waals surface area contributed by atoms with E-state index in [2.05, 4.69) is 0 Å². The molecule has 2 aliphatic rings. The van der Waals surface area contributed by atoms with Crippen molar-refractivity contribution in [1.29, 1.82) is 0 Å². The molecule has 4 rings (SSSR count). The number of aryl methyl sites for hydroxylation is 1. The van der Waals surface area contributed by atoms with Gasteiger partial charge in [0, 0.05) is 43.7 Å². The van der Waals surface area contributed by atoms with Gasteiger partial charge >= 0.3 is 0 Å². The first-order valence-electron chi connectivity index (χ1n) is 10.2. The quantitative estimate of drug-likeness (QED) is 0.800. The van der Waals surface area contributed by atoms with E-state index in [0.29, 0.717) is 12.3 Å². The van der Waals surface area contributed by atoms with Crippen molar-refractivity contribution >= 4 is 5.91 Å². The van der Waals surface area contributed by atoms with Crippen LogP contribution in [0, 0.1) is 5.92 Å². The van der Waals surface area contributed by atoms with Crippen LogP contribution in [-0.2, 0) is 17.8 Å². The SMILES string of the molecule is CC(C)Oc1ccc(CCC(=O)N2C[C@@H]3C[C@H](C2)c2cccc(=O)n2C3)cc1. The number of carbonyl (C=O) groups excluding carboxylic acids is 1. The van der Waals surface area contributed by atoms with Gasteiger partial charge < -0.3 is 14.2 Å². The second-order valence-electron chi connectivity index (χ2n) is 8.31. The molecule has 5 nitrogen and oxygen atoms in total. The second-order valence-corrected chi connectivity index (χ2v) is 8.31. The Bertz CT molecular complexity index is 901. The molecule has 0 saturated carbocycles. The van der Waals surface area contributed by atoms with Crippen LogP contribution in [0.25, 0.3) is 0 Å². The molecule has 3 heterocycles. The lowest BCUT2D eigenvalue weighted by Crippen LogP contribution is -2.49.